The van der Waals surface area contributed by atoms with Gasteiger partial charge in [-0.15, -0.1) is 0 Å². The van der Waals surface area contributed by atoms with Crippen molar-refractivity contribution in [1.29, 1.82) is 0 Å². The lowest BCUT2D eigenvalue weighted by molar-refractivity contribution is -0.156. The van der Waals surface area contributed by atoms with Gasteiger partial charge in [-0.05, 0) is 49.1 Å². The second kappa shape index (κ2) is 10.0. The molecule has 0 aliphatic heterocycles. The van der Waals surface area contributed by atoms with Crippen LogP contribution in [0.2, 0.25) is 0 Å². The monoisotopic (exact) mass is 366 g/mol. The van der Waals surface area contributed by atoms with E-state index in [9.17, 15) is 13.6 Å². The fourth-order valence-electron chi connectivity index (χ4n) is 4.26. The minimum absolute atomic E-state index is 0.114. The zero-order valence-electron chi connectivity index (χ0n) is 16.2. The van der Waals surface area contributed by atoms with Crippen molar-refractivity contribution in [2.45, 2.75) is 71.6 Å². The maximum Gasteiger partial charge on any atom is 0.315 e. The van der Waals surface area contributed by atoms with Crippen molar-refractivity contribution in [2.75, 3.05) is 6.61 Å². The van der Waals surface area contributed by atoms with Crippen LogP contribution in [0.25, 0.3) is 0 Å². The number of halogens is 2. The van der Waals surface area contributed by atoms with E-state index in [-0.39, 0.29) is 12.5 Å². The number of hydrogen-bond donors (Lipinski definition) is 0. The molecule has 2 rings (SSSR count). The average molecular weight is 366 g/mol. The smallest absolute Gasteiger partial charge is 0.315 e. The number of carbonyl (C=O) groups is 1. The quantitative estimate of drug-likeness (QED) is 0.528. The number of hydrogen-bond acceptors (Lipinski definition) is 2. The van der Waals surface area contributed by atoms with Gasteiger partial charge in [0.05, 0.1) is 6.61 Å². The first-order valence-electron chi connectivity index (χ1n) is 9.97. The van der Waals surface area contributed by atoms with Gasteiger partial charge >= 0.3 is 5.97 Å². The van der Waals surface area contributed by atoms with E-state index in [1.165, 1.54) is 5.56 Å². The lowest BCUT2D eigenvalue weighted by Crippen LogP contribution is -2.35. The van der Waals surface area contributed by atoms with E-state index in [0.29, 0.717) is 5.92 Å². The highest BCUT2D eigenvalue weighted by atomic mass is 19.3. The van der Waals surface area contributed by atoms with Crippen LogP contribution in [-0.2, 0) is 16.0 Å². The van der Waals surface area contributed by atoms with Crippen LogP contribution in [0.1, 0.15) is 69.9 Å². The molecule has 1 fully saturated rings. The first kappa shape index (κ1) is 20.9. The zero-order valence-corrected chi connectivity index (χ0v) is 16.2. The summed E-state index contributed by atoms with van der Waals surface area (Å²) in [6, 6.07) is 7.95. The number of carbonyl (C=O) groups excluding carboxylic acids is 1. The maximum atomic E-state index is 13.9. The Bertz CT molecular complexity index is 548. The molecule has 1 saturated carbocycles. The molecule has 0 spiro atoms. The molecule has 1 aliphatic rings. The lowest BCUT2D eigenvalue weighted by Gasteiger charge is -2.35. The molecular formula is C22H32F2O2. The molecule has 0 bridgehead atoms. The van der Waals surface area contributed by atoms with Gasteiger partial charge in [0.25, 0.3) is 6.43 Å². The SMILES string of the molecule is CCOC(=O)C(C(F)F)C(c1ccc(CC(C)C)cc1)C1CCCCC1. The van der Waals surface area contributed by atoms with Gasteiger partial charge in [0.2, 0.25) is 0 Å². The molecule has 0 amide bonds. The predicted octanol–water partition coefficient (Wildman–Crippen LogP) is 5.99. The number of esters is 1. The number of ether oxygens (including phenoxy) is 1. The summed E-state index contributed by atoms with van der Waals surface area (Å²) in [5.41, 5.74) is 2.05. The van der Waals surface area contributed by atoms with Crippen LogP contribution >= 0.6 is 0 Å². The molecule has 26 heavy (non-hydrogen) atoms. The molecule has 0 radical (unpaired) electrons. The molecule has 2 unspecified atom stereocenters. The Morgan fingerprint density at radius 3 is 2.23 bits per heavy atom. The first-order valence-corrected chi connectivity index (χ1v) is 9.97. The van der Waals surface area contributed by atoms with Gasteiger partial charge in [-0.1, -0.05) is 57.4 Å². The van der Waals surface area contributed by atoms with Crippen molar-refractivity contribution in [1.82, 2.24) is 0 Å². The fourth-order valence-corrected chi connectivity index (χ4v) is 4.26. The molecule has 0 aromatic heterocycles. The minimum Gasteiger partial charge on any atom is -0.466 e. The standard InChI is InChI=1S/C22H32F2O2/c1-4-26-22(25)20(21(23)24)19(17-8-6-5-7-9-17)18-12-10-16(11-13-18)14-15(2)3/h10-13,15,17,19-21H,4-9,14H2,1-3H3. The molecular weight excluding hydrogens is 334 g/mol. The van der Waals surface area contributed by atoms with E-state index in [4.69, 9.17) is 4.74 Å². The van der Waals surface area contributed by atoms with Crippen molar-refractivity contribution >= 4 is 5.97 Å². The molecule has 0 saturated heterocycles. The molecule has 1 aromatic carbocycles. The van der Waals surface area contributed by atoms with E-state index in [1.54, 1.807) is 6.92 Å². The molecule has 146 valence electrons. The summed E-state index contributed by atoms with van der Waals surface area (Å²) in [6.45, 7) is 6.11. The van der Waals surface area contributed by atoms with E-state index >= 15 is 0 Å². The fraction of sp³-hybridized carbons (Fsp3) is 0.682. The van der Waals surface area contributed by atoms with Crippen LogP contribution in [0.5, 0.6) is 0 Å². The second-order valence-electron chi connectivity index (χ2n) is 7.88. The number of alkyl halides is 2. The van der Waals surface area contributed by atoms with Crippen molar-refractivity contribution in [3.8, 4) is 0 Å². The predicted molar refractivity (Wildman–Crippen MR) is 100 cm³/mol. The van der Waals surface area contributed by atoms with Crippen molar-refractivity contribution in [2.24, 2.45) is 17.8 Å². The third kappa shape index (κ3) is 5.52. The van der Waals surface area contributed by atoms with Gasteiger partial charge < -0.3 is 4.74 Å². The van der Waals surface area contributed by atoms with Gasteiger partial charge in [0.15, 0.2) is 0 Å². The molecule has 0 heterocycles. The highest BCUT2D eigenvalue weighted by Gasteiger charge is 2.42. The summed E-state index contributed by atoms with van der Waals surface area (Å²) in [4.78, 5) is 12.4. The lowest BCUT2D eigenvalue weighted by atomic mass is 9.70. The summed E-state index contributed by atoms with van der Waals surface area (Å²) < 4.78 is 32.8. The third-order valence-corrected chi connectivity index (χ3v) is 5.38. The van der Waals surface area contributed by atoms with E-state index < -0.39 is 24.2 Å². The average Bonchev–Trinajstić information content (AvgIpc) is 2.60. The summed E-state index contributed by atoms with van der Waals surface area (Å²) in [6.07, 6.45) is 3.30. The normalized spacial score (nSPS) is 18.1. The Kier molecular flexibility index (Phi) is 8.05. The summed E-state index contributed by atoms with van der Waals surface area (Å²) in [5, 5.41) is 0. The zero-order chi connectivity index (χ0) is 19.1. The molecule has 1 aromatic rings. The van der Waals surface area contributed by atoms with Crippen LogP contribution < -0.4 is 0 Å². The van der Waals surface area contributed by atoms with E-state index in [0.717, 1.165) is 44.1 Å². The van der Waals surface area contributed by atoms with Gasteiger partial charge in [0.1, 0.15) is 5.92 Å². The van der Waals surface area contributed by atoms with E-state index in [1.807, 2.05) is 24.3 Å². The molecule has 2 atom stereocenters. The first-order chi connectivity index (χ1) is 12.4. The largest absolute Gasteiger partial charge is 0.466 e. The topological polar surface area (TPSA) is 26.3 Å². The number of benzene rings is 1. The van der Waals surface area contributed by atoms with Gasteiger partial charge in [-0.2, -0.15) is 0 Å². The van der Waals surface area contributed by atoms with Crippen LogP contribution in [0.15, 0.2) is 24.3 Å². The van der Waals surface area contributed by atoms with Gasteiger partial charge in [0, 0.05) is 5.92 Å². The van der Waals surface area contributed by atoms with Gasteiger partial charge in [-0.25, -0.2) is 8.78 Å². The highest BCUT2D eigenvalue weighted by Crippen LogP contribution is 2.43. The summed E-state index contributed by atoms with van der Waals surface area (Å²) >= 11 is 0. The van der Waals surface area contributed by atoms with Crippen LogP contribution in [0.3, 0.4) is 0 Å². The third-order valence-electron chi connectivity index (χ3n) is 5.38. The summed E-state index contributed by atoms with van der Waals surface area (Å²) in [7, 11) is 0. The summed E-state index contributed by atoms with van der Waals surface area (Å²) in [5.74, 6) is -1.95. The van der Waals surface area contributed by atoms with Crippen LogP contribution in [0.4, 0.5) is 8.78 Å². The van der Waals surface area contributed by atoms with Crippen molar-refractivity contribution < 1.29 is 18.3 Å². The highest BCUT2D eigenvalue weighted by molar-refractivity contribution is 5.74. The second-order valence-corrected chi connectivity index (χ2v) is 7.88. The molecule has 1 aliphatic carbocycles. The Labute approximate surface area is 156 Å². The van der Waals surface area contributed by atoms with Crippen LogP contribution in [-0.4, -0.2) is 19.0 Å². The Hall–Kier alpha value is -1.45. The Morgan fingerprint density at radius 2 is 1.73 bits per heavy atom. The molecule has 4 heteroatoms. The Balaban J connectivity index is 2.34. The van der Waals surface area contributed by atoms with Crippen LogP contribution in [0, 0.1) is 17.8 Å². The van der Waals surface area contributed by atoms with Crippen molar-refractivity contribution in [3.63, 3.8) is 0 Å². The number of rotatable bonds is 8. The molecule has 0 N–H and O–H groups in total. The van der Waals surface area contributed by atoms with Gasteiger partial charge in [-0.3, -0.25) is 4.79 Å². The maximum absolute atomic E-state index is 13.9. The van der Waals surface area contributed by atoms with Crippen molar-refractivity contribution in [3.05, 3.63) is 35.4 Å². The minimum atomic E-state index is -2.71. The molecule has 2 nitrogen and oxygen atoms in total. The Morgan fingerprint density at radius 1 is 1.12 bits per heavy atom. The van der Waals surface area contributed by atoms with E-state index in [2.05, 4.69) is 13.8 Å².